The number of carbonyl (C=O) groups is 1. The van der Waals surface area contributed by atoms with Crippen molar-refractivity contribution >= 4 is 5.91 Å². The van der Waals surface area contributed by atoms with Crippen LogP contribution in [0, 0.1) is 12.7 Å². The van der Waals surface area contributed by atoms with Crippen molar-refractivity contribution in [1.29, 1.82) is 0 Å². The Bertz CT molecular complexity index is 749. The molecule has 1 aliphatic heterocycles. The number of aromatic nitrogens is 2. The van der Waals surface area contributed by atoms with Gasteiger partial charge in [-0.2, -0.15) is 5.10 Å². The summed E-state index contributed by atoms with van der Waals surface area (Å²) < 4.78 is 20.8. The van der Waals surface area contributed by atoms with Crippen LogP contribution in [0.1, 0.15) is 11.1 Å². The van der Waals surface area contributed by atoms with E-state index in [1.54, 1.807) is 27.9 Å². The number of halogens is 1. The molecule has 1 aliphatic rings. The number of rotatable bonds is 5. The van der Waals surface area contributed by atoms with Crippen LogP contribution >= 0.6 is 0 Å². The number of carbonyl (C=O) groups excluding carboxylic acids is 1. The Morgan fingerprint density at radius 2 is 2.32 bits per heavy atom. The van der Waals surface area contributed by atoms with Crippen molar-refractivity contribution in [3.63, 3.8) is 0 Å². The molecule has 2 heterocycles. The van der Waals surface area contributed by atoms with Crippen LogP contribution in [0.5, 0.6) is 0 Å². The molecule has 0 aliphatic carbocycles. The predicted octanol–water partition coefficient (Wildman–Crippen LogP) is 1.16. The maximum atomic E-state index is 13.4. The van der Waals surface area contributed by atoms with Crippen LogP contribution in [0.2, 0.25) is 0 Å². The molecule has 2 aromatic rings. The second-order valence-electron chi connectivity index (χ2n) is 6.53. The normalized spacial score (nSPS) is 20.7. The van der Waals surface area contributed by atoms with Crippen LogP contribution in [-0.4, -0.2) is 57.6 Å². The average molecular weight is 347 g/mol. The highest BCUT2D eigenvalue weighted by Gasteiger charge is 2.38. The summed E-state index contributed by atoms with van der Waals surface area (Å²) in [5.41, 5.74) is 0.804. The van der Waals surface area contributed by atoms with E-state index < -0.39 is 5.60 Å². The summed E-state index contributed by atoms with van der Waals surface area (Å²) in [5, 5.41) is 14.0. The molecule has 3 rings (SSSR count). The highest BCUT2D eigenvalue weighted by Crippen LogP contribution is 2.23. The molecule has 1 aromatic heterocycles. The second kappa shape index (κ2) is 7.33. The van der Waals surface area contributed by atoms with Crippen molar-refractivity contribution in [2.45, 2.75) is 25.5 Å². The SMILES string of the molecule is Cc1cnn(CC(=O)N2CCOC(CO)(Cc3cccc(F)c3)C2)c1. The van der Waals surface area contributed by atoms with Crippen LogP contribution in [0.25, 0.3) is 0 Å². The maximum Gasteiger partial charge on any atom is 0.244 e. The molecule has 1 N–H and O–H groups in total. The van der Waals surface area contributed by atoms with Crippen molar-refractivity contribution in [2.24, 2.45) is 0 Å². The number of morpholine rings is 1. The fraction of sp³-hybridized carbons (Fsp3) is 0.444. The highest BCUT2D eigenvalue weighted by atomic mass is 19.1. The molecule has 0 spiro atoms. The summed E-state index contributed by atoms with van der Waals surface area (Å²) in [6.07, 6.45) is 3.85. The summed E-state index contributed by atoms with van der Waals surface area (Å²) in [6.45, 7) is 2.88. The minimum atomic E-state index is -0.915. The number of benzene rings is 1. The lowest BCUT2D eigenvalue weighted by Crippen LogP contribution is -2.57. The second-order valence-corrected chi connectivity index (χ2v) is 6.53. The summed E-state index contributed by atoms with van der Waals surface area (Å²) in [6, 6.07) is 6.21. The molecule has 6 nitrogen and oxygen atoms in total. The monoisotopic (exact) mass is 347 g/mol. The molecule has 0 radical (unpaired) electrons. The molecule has 1 unspecified atom stereocenters. The third-order valence-corrected chi connectivity index (χ3v) is 4.36. The van der Waals surface area contributed by atoms with Crippen LogP contribution in [-0.2, 0) is 22.5 Å². The zero-order valence-electron chi connectivity index (χ0n) is 14.2. The Hall–Kier alpha value is -2.25. The molecule has 0 saturated carbocycles. The number of hydrogen-bond acceptors (Lipinski definition) is 4. The smallest absolute Gasteiger partial charge is 0.244 e. The van der Waals surface area contributed by atoms with Gasteiger partial charge in [0.15, 0.2) is 0 Å². The summed E-state index contributed by atoms with van der Waals surface area (Å²) in [7, 11) is 0. The van der Waals surface area contributed by atoms with Gasteiger partial charge in [0, 0.05) is 19.2 Å². The summed E-state index contributed by atoms with van der Waals surface area (Å²) >= 11 is 0. The number of ether oxygens (including phenoxy) is 1. The van der Waals surface area contributed by atoms with Crippen LogP contribution in [0.15, 0.2) is 36.7 Å². The molecule has 0 bridgehead atoms. The van der Waals surface area contributed by atoms with Crippen LogP contribution < -0.4 is 0 Å². The Labute approximate surface area is 145 Å². The minimum absolute atomic E-state index is 0.0801. The number of nitrogens with zero attached hydrogens (tertiary/aromatic N) is 3. The zero-order valence-corrected chi connectivity index (χ0v) is 14.2. The van der Waals surface area contributed by atoms with Gasteiger partial charge in [-0.25, -0.2) is 4.39 Å². The Morgan fingerprint density at radius 3 is 3.00 bits per heavy atom. The lowest BCUT2D eigenvalue weighted by molar-refractivity contribution is -0.158. The first-order valence-corrected chi connectivity index (χ1v) is 8.26. The first-order valence-electron chi connectivity index (χ1n) is 8.26. The van der Waals surface area contributed by atoms with Gasteiger partial charge in [-0.1, -0.05) is 12.1 Å². The Kier molecular flexibility index (Phi) is 5.15. The van der Waals surface area contributed by atoms with Gasteiger partial charge in [-0.05, 0) is 30.2 Å². The van der Waals surface area contributed by atoms with Crippen molar-refractivity contribution < 1.29 is 19.0 Å². The Balaban J connectivity index is 1.70. The van der Waals surface area contributed by atoms with E-state index in [1.165, 1.54) is 12.1 Å². The quantitative estimate of drug-likeness (QED) is 0.881. The van der Waals surface area contributed by atoms with E-state index in [4.69, 9.17) is 4.74 Å². The molecule has 1 amide bonds. The molecular formula is C18H22FN3O3. The molecule has 1 fully saturated rings. The van der Waals surface area contributed by atoms with E-state index in [9.17, 15) is 14.3 Å². The van der Waals surface area contributed by atoms with Crippen molar-refractivity contribution in [3.05, 3.63) is 53.6 Å². The highest BCUT2D eigenvalue weighted by molar-refractivity contribution is 5.76. The van der Waals surface area contributed by atoms with Crippen molar-refractivity contribution in [3.8, 4) is 0 Å². The first-order chi connectivity index (χ1) is 12.0. The van der Waals surface area contributed by atoms with Crippen molar-refractivity contribution in [2.75, 3.05) is 26.3 Å². The van der Waals surface area contributed by atoms with E-state index in [2.05, 4.69) is 5.10 Å². The minimum Gasteiger partial charge on any atom is -0.393 e. The van der Waals surface area contributed by atoms with Gasteiger partial charge < -0.3 is 14.7 Å². The van der Waals surface area contributed by atoms with E-state index in [-0.39, 0.29) is 31.4 Å². The standard InChI is InChI=1S/C18H22FN3O3/c1-14-9-20-22(10-14)11-17(24)21-5-6-25-18(12-21,13-23)8-15-3-2-4-16(19)7-15/h2-4,7,9-10,23H,5-6,8,11-13H2,1H3. The predicted molar refractivity (Wildman–Crippen MR) is 89.4 cm³/mol. The van der Waals surface area contributed by atoms with Gasteiger partial charge in [-0.15, -0.1) is 0 Å². The third kappa shape index (κ3) is 4.24. The van der Waals surface area contributed by atoms with Crippen molar-refractivity contribution in [1.82, 2.24) is 14.7 Å². The van der Waals surface area contributed by atoms with E-state index >= 15 is 0 Å². The van der Waals surface area contributed by atoms with Gasteiger partial charge >= 0.3 is 0 Å². The zero-order chi connectivity index (χ0) is 17.9. The maximum absolute atomic E-state index is 13.4. The number of aliphatic hydroxyl groups excluding tert-OH is 1. The fourth-order valence-corrected chi connectivity index (χ4v) is 3.13. The lowest BCUT2D eigenvalue weighted by Gasteiger charge is -2.42. The number of aliphatic hydroxyl groups is 1. The number of amides is 1. The molecule has 1 atom stereocenters. The van der Waals surface area contributed by atoms with Gasteiger partial charge in [0.2, 0.25) is 5.91 Å². The molecule has 7 heteroatoms. The van der Waals surface area contributed by atoms with E-state index in [0.717, 1.165) is 11.1 Å². The molecule has 1 saturated heterocycles. The van der Waals surface area contributed by atoms with Gasteiger partial charge in [0.25, 0.3) is 0 Å². The fourth-order valence-electron chi connectivity index (χ4n) is 3.13. The summed E-state index contributed by atoms with van der Waals surface area (Å²) in [5.74, 6) is -0.410. The average Bonchev–Trinajstić information content (AvgIpc) is 3.00. The van der Waals surface area contributed by atoms with Crippen LogP contribution in [0.3, 0.4) is 0 Å². The van der Waals surface area contributed by atoms with Gasteiger partial charge in [0.05, 0.1) is 26.0 Å². The number of aryl methyl sites for hydroxylation is 1. The topological polar surface area (TPSA) is 67.6 Å². The lowest BCUT2D eigenvalue weighted by atomic mass is 9.93. The van der Waals surface area contributed by atoms with Gasteiger partial charge in [-0.3, -0.25) is 9.48 Å². The summed E-state index contributed by atoms with van der Waals surface area (Å²) in [4.78, 5) is 14.2. The molecule has 134 valence electrons. The molecule has 25 heavy (non-hydrogen) atoms. The van der Waals surface area contributed by atoms with E-state index in [0.29, 0.717) is 19.6 Å². The Morgan fingerprint density at radius 1 is 1.48 bits per heavy atom. The molecule has 1 aromatic carbocycles. The largest absolute Gasteiger partial charge is 0.393 e. The molecular weight excluding hydrogens is 325 g/mol. The first kappa shape index (κ1) is 17.6. The van der Waals surface area contributed by atoms with Gasteiger partial charge in [0.1, 0.15) is 18.0 Å². The number of hydrogen-bond donors (Lipinski definition) is 1. The third-order valence-electron chi connectivity index (χ3n) is 4.36. The van der Waals surface area contributed by atoms with E-state index in [1.807, 2.05) is 13.1 Å². The van der Waals surface area contributed by atoms with Crippen LogP contribution in [0.4, 0.5) is 4.39 Å².